The highest BCUT2D eigenvalue weighted by Crippen LogP contribution is 2.38. The van der Waals surface area contributed by atoms with Crippen LogP contribution in [-0.2, 0) is 12.7 Å². The van der Waals surface area contributed by atoms with Crippen LogP contribution in [0.15, 0.2) is 72.8 Å². The molecular formula is C29H29ClF4N2O. The van der Waals surface area contributed by atoms with E-state index >= 15 is 0 Å². The molecule has 3 nitrogen and oxygen atoms in total. The van der Waals surface area contributed by atoms with Crippen LogP contribution in [0, 0.1) is 11.7 Å². The van der Waals surface area contributed by atoms with Gasteiger partial charge in [-0.2, -0.15) is 13.2 Å². The molecule has 3 aromatic rings. The third-order valence-corrected chi connectivity index (χ3v) is 7.14. The van der Waals surface area contributed by atoms with E-state index in [9.17, 15) is 22.4 Å². The normalized spacial score (nSPS) is 18.4. The van der Waals surface area contributed by atoms with Crippen LogP contribution in [0.5, 0.6) is 0 Å². The van der Waals surface area contributed by atoms with Gasteiger partial charge in [0.25, 0.3) is 5.91 Å². The number of carbonyl (C=O) groups excluding carboxylic acids is 1. The summed E-state index contributed by atoms with van der Waals surface area (Å²) in [5.74, 6) is -0.945. The maximum absolute atomic E-state index is 13.5. The van der Waals surface area contributed by atoms with Crippen molar-refractivity contribution in [3.05, 3.63) is 106 Å². The fourth-order valence-corrected chi connectivity index (χ4v) is 5.11. The van der Waals surface area contributed by atoms with Crippen molar-refractivity contribution in [2.24, 2.45) is 5.92 Å². The van der Waals surface area contributed by atoms with E-state index in [0.29, 0.717) is 42.3 Å². The quantitative estimate of drug-likeness (QED) is 0.299. The average molecular weight is 533 g/mol. The van der Waals surface area contributed by atoms with Crippen molar-refractivity contribution < 1.29 is 22.4 Å². The van der Waals surface area contributed by atoms with E-state index in [2.05, 4.69) is 4.90 Å². The minimum absolute atomic E-state index is 0.0948. The molecule has 0 radical (unpaired) electrons. The smallest absolute Gasteiger partial charge is 0.336 e. The molecule has 1 saturated heterocycles. The molecule has 0 saturated carbocycles. The Hall–Kier alpha value is -2.90. The molecule has 1 aliphatic rings. The Kier molecular flexibility index (Phi) is 8.24. The van der Waals surface area contributed by atoms with Crippen molar-refractivity contribution in [1.82, 2.24) is 9.80 Å². The Morgan fingerprint density at radius 2 is 1.70 bits per heavy atom. The highest BCUT2D eigenvalue weighted by Gasteiger charge is 2.38. The molecule has 1 heterocycles. The van der Waals surface area contributed by atoms with Crippen LogP contribution in [-0.4, -0.2) is 41.4 Å². The zero-order chi connectivity index (χ0) is 26.7. The zero-order valence-corrected chi connectivity index (χ0v) is 21.4. The third-order valence-electron chi connectivity index (χ3n) is 6.88. The van der Waals surface area contributed by atoms with Crippen LogP contribution in [0.2, 0.25) is 5.02 Å². The third kappa shape index (κ3) is 6.70. The molecule has 0 unspecified atom stereocenters. The summed E-state index contributed by atoms with van der Waals surface area (Å²) in [4.78, 5) is 17.3. The van der Waals surface area contributed by atoms with Crippen molar-refractivity contribution in [3.8, 4) is 0 Å². The summed E-state index contributed by atoms with van der Waals surface area (Å²) >= 11 is 6.02. The minimum Gasteiger partial charge on any atom is -0.336 e. The highest BCUT2D eigenvalue weighted by atomic mass is 35.5. The Balaban J connectivity index is 1.62. The minimum atomic E-state index is -4.43. The van der Waals surface area contributed by atoms with Crippen molar-refractivity contribution in [2.45, 2.75) is 38.5 Å². The molecule has 196 valence electrons. The van der Waals surface area contributed by atoms with E-state index < -0.39 is 17.6 Å². The predicted octanol–water partition coefficient (Wildman–Crippen LogP) is 7.26. The van der Waals surface area contributed by atoms with Crippen LogP contribution in [0.25, 0.3) is 0 Å². The van der Waals surface area contributed by atoms with E-state index in [0.717, 1.165) is 11.6 Å². The number of rotatable bonds is 7. The fourth-order valence-electron chi connectivity index (χ4n) is 4.99. The van der Waals surface area contributed by atoms with Gasteiger partial charge in [-0.25, -0.2) is 4.39 Å². The van der Waals surface area contributed by atoms with E-state index in [1.54, 1.807) is 11.0 Å². The second-order valence-corrected chi connectivity index (χ2v) is 10.3. The van der Waals surface area contributed by atoms with E-state index in [1.807, 2.05) is 38.1 Å². The highest BCUT2D eigenvalue weighted by molar-refractivity contribution is 6.30. The first kappa shape index (κ1) is 27.1. The van der Waals surface area contributed by atoms with Gasteiger partial charge in [0.2, 0.25) is 0 Å². The molecule has 0 aliphatic carbocycles. The number of hydrogen-bond donors (Lipinski definition) is 0. The van der Waals surface area contributed by atoms with Gasteiger partial charge in [-0.05, 0) is 73.4 Å². The second-order valence-electron chi connectivity index (χ2n) is 9.87. The zero-order valence-electron chi connectivity index (χ0n) is 20.7. The summed E-state index contributed by atoms with van der Waals surface area (Å²) in [6, 6.07) is 18.3. The number of halogens is 5. The molecule has 3 aromatic carbocycles. The Morgan fingerprint density at radius 3 is 2.32 bits per heavy atom. The van der Waals surface area contributed by atoms with Gasteiger partial charge >= 0.3 is 6.18 Å². The largest absolute Gasteiger partial charge is 0.416 e. The van der Waals surface area contributed by atoms with E-state index in [4.69, 9.17) is 11.6 Å². The molecule has 4 rings (SSSR count). The maximum atomic E-state index is 13.5. The Morgan fingerprint density at radius 1 is 1.03 bits per heavy atom. The number of benzene rings is 3. The molecule has 0 N–H and O–H groups in total. The molecule has 0 aromatic heterocycles. The standard InChI is InChI=1S/C29H29ClF4N2O/c1-19(2)36(28(37)21-8-12-26(31)13-9-21)17-23-16-35(15-20-6-10-25(30)11-7-20)18-27(23)22-4-3-5-24(14-22)29(32,33)34/h3-14,19,23,27H,15-18H2,1-2H3/t23-,27+/m0/s1. The van der Waals surface area contributed by atoms with Crippen LogP contribution in [0.3, 0.4) is 0 Å². The number of hydrogen-bond acceptors (Lipinski definition) is 2. The number of likely N-dealkylation sites (tertiary alicyclic amines) is 1. The first-order valence-electron chi connectivity index (χ1n) is 12.2. The summed E-state index contributed by atoms with van der Waals surface area (Å²) < 4.78 is 53.9. The Labute approximate surface area is 219 Å². The molecule has 8 heteroatoms. The fraction of sp³-hybridized carbons (Fsp3) is 0.345. The van der Waals surface area contributed by atoms with Crippen molar-refractivity contribution in [1.29, 1.82) is 0 Å². The Bertz CT molecular complexity index is 1210. The SMILES string of the molecule is CC(C)N(C[C@@H]1CN(Cc2ccc(Cl)cc2)C[C@@H]1c1cccc(C(F)(F)F)c1)C(=O)c1ccc(F)cc1. The van der Waals surface area contributed by atoms with Crippen LogP contribution < -0.4 is 0 Å². The van der Waals surface area contributed by atoms with Gasteiger partial charge in [-0.3, -0.25) is 9.69 Å². The predicted molar refractivity (Wildman–Crippen MR) is 137 cm³/mol. The van der Waals surface area contributed by atoms with E-state index in [-0.39, 0.29) is 23.8 Å². The van der Waals surface area contributed by atoms with Crippen molar-refractivity contribution in [2.75, 3.05) is 19.6 Å². The molecule has 2 atom stereocenters. The van der Waals surface area contributed by atoms with Gasteiger partial charge in [0.1, 0.15) is 5.82 Å². The molecule has 37 heavy (non-hydrogen) atoms. The number of amides is 1. The second kappa shape index (κ2) is 11.2. The van der Waals surface area contributed by atoms with Gasteiger partial charge < -0.3 is 4.90 Å². The van der Waals surface area contributed by atoms with Crippen LogP contribution in [0.4, 0.5) is 17.6 Å². The molecule has 0 spiro atoms. The molecule has 1 amide bonds. The maximum Gasteiger partial charge on any atom is 0.416 e. The average Bonchev–Trinajstić information content (AvgIpc) is 3.25. The summed E-state index contributed by atoms with van der Waals surface area (Å²) in [5, 5.41) is 0.636. The van der Waals surface area contributed by atoms with Gasteiger partial charge in [-0.1, -0.05) is 41.9 Å². The molecule has 1 fully saturated rings. The first-order valence-corrected chi connectivity index (χ1v) is 12.6. The van der Waals surface area contributed by atoms with Crippen LogP contribution in [0.1, 0.15) is 46.8 Å². The van der Waals surface area contributed by atoms with E-state index in [1.165, 1.54) is 36.4 Å². The van der Waals surface area contributed by atoms with Gasteiger partial charge in [0.05, 0.1) is 5.56 Å². The summed E-state index contributed by atoms with van der Waals surface area (Å²) in [5.41, 5.74) is 1.36. The topological polar surface area (TPSA) is 23.6 Å². The number of alkyl halides is 3. The van der Waals surface area contributed by atoms with Crippen molar-refractivity contribution in [3.63, 3.8) is 0 Å². The monoisotopic (exact) mass is 532 g/mol. The molecular weight excluding hydrogens is 504 g/mol. The van der Waals surface area contributed by atoms with Gasteiger partial charge in [0, 0.05) is 48.7 Å². The lowest BCUT2D eigenvalue weighted by Crippen LogP contribution is -2.42. The lowest BCUT2D eigenvalue weighted by Gasteiger charge is -2.32. The summed E-state index contributed by atoms with van der Waals surface area (Å²) in [6.45, 7) is 5.97. The molecule has 1 aliphatic heterocycles. The van der Waals surface area contributed by atoms with Crippen molar-refractivity contribution >= 4 is 17.5 Å². The summed E-state index contributed by atoms with van der Waals surface area (Å²) in [7, 11) is 0. The lowest BCUT2D eigenvalue weighted by atomic mass is 9.87. The van der Waals surface area contributed by atoms with Crippen LogP contribution >= 0.6 is 11.6 Å². The molecule has 0 bridgehead atoms. The summed E-state index contributed by atoms with van der Waals surface area (Å²) in [6.07, 6.45) is -4.43. The number of carbonyl (C=O) groups is 1. The van der Waals surface area contributed by atoms with Gasteiger partial charge in [-0.15, -0.1) is 0 Å². The van der Waals surface area contributed by atoms with Gasteiger partial charge in [0.15, 0.2) is 0 Å². The first-order chi connectivity index (χ1) is 17.5. The lowest BCUT2D eigenvalue weighted by molar-refractivity contribution is -0.137. The number of nitrogens with zero attached hydrogens (tertiary/aromatic N) is 2.